The van der Waals surface area contributed by atoms with Gasteiger partial charge < -0.3 is 9.16 Å². The predicted molar refractivity (Wildman–Crippen MR) is 115 cm³/mol. The van der Waals surface area contributed by atoms with Gasteiger partial charge in [-0.2, -0.15) is 0 Å². The standard InChI is InChI=1S/C23H42O3Si/c1-12-15-13-17(26-27(10,11)22(5,6)7)19-18(23(19,8)9)16(15)14-25-20(24)21(2,3)4/h12,15-19H,1,13-14H2,2-11H3/t15-,16+,17+,18+,19+/m0/s1. The van der Waals surface area contributed by atoms with Gasteiger partial charge in [0, 0.05) is 12.0 Å². The molecule has 0 amide bonds. The number of hydrogen-bond donors (Lipinski definition) is 0. The number of carbonyl (C=O) groups excluding carboxylic acids is 1. The lowest BCUT2D eigenvalue weighted by atomic mass is 9.78. The zero-order valence-electron chi connectivity index (χ0n) is 19.3. The number of fused-ring (bicyclic) bond motifs is 1. The van der Waals surface area contributed by atoms with Crippen LogP contribution in [-0.4, -0.2) is 27.0 Å². The molecule has 0 N–H and O–H groups in total. The molecule has 2 aliphatic carbocycles. The van der Waals surface area contributed by atoms with E-state index >= 15 is 0 Å². The summed E-state index contributed by atoms with van der Waals surface area (Å²) in [5.74, 6) is 1.68. The molecule has 3 nitrogen and oxygen atoms in total. The van der Waals surface area contributed by atoms with Crippen molar-refractivity contribution >= 4 is 14.3 Å². The normalized spacial score (nSPS) is 33.2. The third-order valence-corrected chi connectivity index (χ3v) is 12.0. The molecule has 5 atom stereocenters. The van der Waals surface area contributed by atoms with Crippen LogP contribution in [0.15, 0.2) is 12.7 Å². The summed E-state index contributed by atoms with van der Waals surface area (Å²) >= 11 is 0. The highest BCUT2D eigenvalue weighted by molar-refractivity contribution is 6.74. The number of hydrogen-bond acceptors (Lipinski definition) is 3. The van der Waals surface area contributed by atoms with Gasteiger partial charge in [0.05, 0.1) is 12.0 Å². The molecule has 2 rings (SSSR count). The van der Waals surface area contributed by atoms with Crippen LogP contribution in [0.3, 0.4) is 0 Å². The predicted octanol–water partition coefficient (Wildman–Crippen LogP) is 6.06. The van der Waals surface area contributed by atoms with E-state index in [9.17, 15) is 4.79 Å². The SMILES string of the molecule is C=C[C@H]1C[C@@H](O[Si](C)(C)C(C)(C)C)[C@@H]2[C@@H]([C@@H]1COC(=O)C(C)(C)C)C2(C)C. The zero-order chi connectivity index (χ0) is 21.0. The quantitative estimate of drug-likeness (QED) is 0.323. The minimum Gasteiger partial charge on any atom is -0.465 e. The van der Waals surface area contributed by atoms with Gasteiger partial charge in [-0.1, -0.05) is 40.7 Å². The average molecular weight is 395 g/mol. The monoisotopic (exact) mass is 394 g/mol. The highest BCUT2D eigenvalue weighted by atomic mass is 28.4. The molecule has 2 fully saturated rings. The van der Waals surface area contributed by atoms with Gasteiger partial charge in [-0.15, -0.1) is 6.58 Å². The molecule has 0 unspecified atom stereocenters. The molecule has 0 saturated heterocycles. The Balaban J connectivity index is 2.16. The Morgan fingerprint density at radius 2 is 1.70 bits per heavy atom. The number of esters is 1. The number of allylic oxidation sites excluding steroid dienone is 1. The summed E-state index contributed by atoms with van der Waals surface area (Å²) in [5, 5.41) is 0.213. The first-order valence-corrected chi connectivity index (χ1v) is 13.4. The van der Waals surface area contributed by atoms with Crippen LogP contribution in [0.4, 0.5) is 0 Å². The first kappa shape index (κ1) is 22.7. The van der Waals surface area contributed by atoms with Gasteiger partial charge in [-0.25, -0.2) is 0 Å². The lowest BCUT2D eigenvalue weighted by molar-refractivity contribution is -0.155. The van der Waals surface area contributed by atoms with Crippen molar-refractivity contribution in [3.63, 3.8) is 0 Å². The third-order valence-electron chi connectivity index (χ3n) is 7.49. The smallest absolute Gasteiger partial charge is 0.311 e. The molecule has 0 aliphatic heterocycles. The van der Waals surface area contributed by atoms with E-state index in [-0.39, 0.29) is 16.4 Å². The minimum atomic E-state index is -1.82. The molecule has 0 aromatic carbocycles. The molecule has 0 heterocycles. The van der Waals surface area contributed by atoms with E-state index in [1.165, 1.54) is 0 Å². The fourth-order valence-electron chi connectivity index (χ4n) is 4.67. The second-order valence-electron chi connectivity index (χ2n) is 11.9. The van der Waals surface area contributed by atoms with E-state index < -0.39 is 13.7 Å². The van der Waals surface area contributed by atoms with Crippen LogP contribution in [-0.2, 0) is 14.0 Å². The summed E-state index contributed by atoms with van der Waals surface area (Å²) in [7, 11) is -1.82. The Hall–Kier alpha value is -0.613. The average Bonchev–Trinajstić information content (AvgIpc) is 3.06. The van der Waals surface area contributed by atoms with Crippen molar-refractivity contribution in [1.29, 1.82) is 0 Å². The van der Waals surface area contributed by atoms with Crippen LogP contribution in [0.2, 0.25) is 18.1 Å². The van der Waals surface area contributed by atoms with E-state index in [1.54, 1.807) is 0 Å². The molecule has 2 saturated carbocycles. The van der Waals surface area contributed by atoms with Gasteiger partial charge in [0.1, 0.15) is 0 Å². The van der Waals surface area contributed by atoms with Gasteiger partial charge >= 0.3 is 5.97 Å². The van der Waals surface area contributed by atoms with E-state index in [0.717, 1.165) is 6.42 Å². The third kappa shape index (κ3) is 4.37. The number of carbonyl (C=O) groups is 1. The topological polar surface area (TPSA) is 35.5 Å². The first-order chi connectivity index (χ1) is 12.0. The van der Waals surface area contributed by atoms with E-state index in [2.05, 4.69) is 60.4 Å². The second-order valence-corrected chi connectivity index (χ2v) is 16.7. The molecule has 2 aliphatic rings. The number of rotatable bonds is 5. The summed E-state index contributed by atoms with van der Waals surface area (Å²) < 4.78 is 12.6. The maximum Gasteiger partial charge on any atom is 0.311 e. The summed E-state index contributed by atoms with van der Waals surface area (Å²) in [6, 6.07) is 0. The van der Waals surface area contributed by atoms with Gasteiger partial charge in [-0.3, -0.25) is 4.79 Å². The van der Waals surface area contributed by atoms with Gasteiger partial charge in [0.15, 0.2) is 8.32 Å². The molecule has 0 radical (unpaired) electrons. The van der Waals surface area contributed by atoms with Crippen molar-refractivity contribution in [1.82, 2.24) is 0 Å². The first-order valence-electron chi connectivity index (χ1n) is 10.5. The van der Waals surface area contributed by atoms with Crippen molar-refractivity contribution in [2.75, 3.05) is 6.61 Å². The molecule has 0 bridgehead atoms. The zero-order valence-corrected chi connectivity index (χ0v) is 20.3. The van der Waals surface area contributed by atoms with Gasteiger partial charge in [0.2, 0.25) is 0 Å². The van der Waals surface area contributed by atoms with Crippen LogP contribution in [0.1, 0.15) is 61.8 Å². The maximum atomic E-state index is 12.3. The fourth-order valence-corrected chi connectivity index (χ4v) is 6.02. The van der Waals surface area contributed by atoms with Crippen LogP contribution in [0, 0.1) is 34.5 Å². The van der Waals surface area contributed by atoms with Crippen molar-refractivity contribution in [3.05, 3.63) is 12.7 Å². The van der Waals surface area contributed by atoms with E-state index in [0.29, 0.717) is 36.4 Å². The summed E-state index contributed by atoms with van der Waals surface area (Å²) in [4.78, 5) is 12.3. The Bertz CT molecular complexity index is 579. The van der Waals surface area contributed by atoms with Crippen molar-refractivity contribution < 1.29 is 14.0 Å². The Kier molecular flexibility index (Phi) is 5.89. The van der Waals surface area contributed by atoms with Gasteiger partial charge in [-0.05, 0) is 68.5 Å². The van der Waals surface area contributed by atoms with Crippen LogP contribution in [0.5, 0.6) is 0 Å². The summed E-state index contributed by atoms with van der Waals surface area (Å²) in [6.07, 6.45) is 3.36. The van der Waals surface area contributed by atoms with Crippen molar-refractivity contribution in [2.24, 2.45) is 34.5 Å². The van der Waals surface area contributed by atoms with Crippen molar-refractivity contribution in [2.45, 2.75) is 86.0 Å². The lowest BCUT2D eigenvalue weighted by Gasteiger charge is -2.42. The Labute approximate surface area is 168 Å². The van der Waals surface area contributed by atoms with E-state index in [4.69, 9.17) is 9.16 Å². The lowest BCUT2D eigenvalue weighted by Crippen LogP contribution is -2.47. The molecule has 0 aromatic heterocycles. The van der Waals surface area contributed by atoms with Gasteiger partial charge in [0.25, 0.3) is 0 Å². The fraction of sp³-hybridized carbons (Fsp3) is 0.870. The Morgan fingerprint density at radius 3 is 2.15 bits per heavy atom. The molecule has 0 spiro atoms. The molecular formula is C23H42O3Si. The molecule has 27 heavy (non-hydrogen) atoms. The maximum absolute atomic E-state index is 12.3. The summed E-state index contributed by atoms with van der Waals surface area (Å²) in [5.41, 5.74) is -0.214. The molecule has 4 heteroatoms. The Morgan fingerprint density at radius 1 is 1.15 bits per heavy atom. The van der Waals surface area contributed by atoms with Crippen molar-refractivity contribution in [3.8, 4) is 0 Å². The van der Waals surface area contributed by atoms with E-state index in [1.807, 2.05) is 20.8 Å². The molecule has 0 aromatic rings. The van der Waals surface area contributed by atoms with Crippen LogP contribution < -0.4 is 0 Å². The van der Waals surface area contributed by atoms with Crippen LogP contribution in [0.25, 0.3) is 0 Å². The molecule has 156 valence electrons. The number of ether oxygens (including phenoxy) is 1. The highest BCUT2D eigenvalue weighted by Gasteiger charge is 2.68. The largest absolute Gasteiger partial charge is 0.465 e. The second kappa shape index (κ2) is 7.02. The molecular weight excluding hydrogens is 352 g/mol. The summed E-state index contributed by atoms with van der Waals surface area (Å²) in [6.45, 7) is 26.7. The highest BCUT2D eigenvalue weighted by Crippen LogP contribution is 2.69. The van der Waals surface area contributed by atoms with Crippen LogP contribution >= 0.6 is 0 Å². The minimum absolute atomic E-state index is 0.111.